The van der Waals surface area contributed by atoms with Crippen LogP contribution in [0.1, 0.15) is 10.4 Å². The average molecular weight is 250 g/mol. The highest BCUT2D eigenvalue weighted by atomic mass is 35.5. The summed E-state index contributed by atoms with van der Waals surface area (Å²) >= 11 is 5.57. The van der Waals surface area contributed by atoms with Gasteiger partial charge in [0.25, 0.3) is 0 Å². The van der Waals surface area contributed by atoms with Crippen LogP contribution in [0.25, 0.3) is 0 Å². The Labute approximate surface area is 91.9 Å². The van der Waals surface area contributed by atoms with Gasteiger partial charge < -0.3 is 4.74 Å². The van der Waals surface area contributed by atoms with E-state index in [1.165, 1.54) is 13.2 Å². The summed E-state index contributed by atoms with van der Waals surface area (Å²) in [7, 11) is -2.30. The van der Waals surface area contributed by atoms with Crippen molar-refractivity contribution in [2.24, 2.45) is 0 Å². The Morgan fingerprint density at radius 1 is 1.47 bits per heavy atom. The van der Waals surface area contributed by atoms with Crippen LogP contribution in [-0.2, 0) is 14.6 Å². The maximum atomic E-state index is 11.2. The third-order valence-electron chi connectivity index (χ3n) is 1.57. The van der Waals surface area contributed by atoms with E-state index in [0.717, 1.165) is 12.3 Å². The molecule has 0 atom stereocenters. The molecule has 0 aliphatic rings. The first kappa shape index (κ1) is 11.9. The normalized spacial score (nSPS) is 11.1. The number of esters is 1. The van der Waals surface area contributed by atoms with Crippen LogP contribution in [0.3, 0.4) is 0 Å². The lowest BCUT2D eigenvalue weighted by Crippen LogP contribution is -2.06. The number of halogens is 1. The lowest BCUT2D eigenvalue weighted by atomic mass is 10.3. The van der Waals surface area contributed by atoms with Crippen LogP contribution in [-0.4, -0.2) is 32.7 Å². The van der Waals surface area contributed by atoms with Crippen molar-refractivity contribution in [3.8, 4) is 0 Å². The zero-order chi connectivity index (χ0) is 11.6. The fourth-order valence-electron chi connectivity index (χ4n) is 0.898. The average Bonchev–Trinajstić information content (AvgIpc) is 2.14. The molecule has 0 radical (unpaired) electrons. The summed E-state index contributed by atoms with van der Waals surface area (Å²) in [6.45, 7) is 0. The minimum atomic E-state index is -3.49. The van der Waals surface area contributed by atoms with Gasteiger partial charge in [-0.1, -0.05) is 11.6 Å². The molecule has 0 aliphatic heterocycles. The molecule has 7 heteroatoms. The number of carbonyl (C=O) groups is 1. The second kappa shape index (κ2) is 4.16. The molecule has 0 fully saturated rings. The molecule has 0 unspecified atom stereocenters. The van der Waals surface area contributed by atoms with Gasteiger partial charge in [-0.05, 0) is 12.1 Å². The second-order valence-electron chi connectivity index (χ2n) is 2.78. The van der Waals surface area contributed by atoms with Crippen LogP contribution in [0.2, 0.25) is 5.15 Å². The Bertz CT molecular complexity index is 497. The van der Waals surface area contributed by atoms with E-state index in [9.17, 15) is 13.2 Å². The first-order chi connectivity index (χ1) is 6.84. The van der Waals surface area contributed by atoms with Gasteiger partial charge >= 0.3 is 5.97 Å². The first-order valence-corrected chi connectivity index (χ1v) is 6.07. The molecular formula is C8H8ClNO4S. The molecule has 0 aliphatic carbocycles. The van der Waals surface area contributed by atoms with Crippen molar-refractivity contribution < 1.29 is 17.9 Å². The van der Waals surface area contributed by atoms with Crippen LogP contribution in [0.5, 0.6) is 0 Å². The van der Waals surface area contributed by atoms with Gasteiger partial charge in [0, 0.05) is 6.26 Å². The maximum absolute atomic E-state index is 11.2. The van der Waals surface area contributed by atoms with E-state index < -0.39 is 15.8 Å². The Morgan fingerprint density at radius 3 is 2.53 bits per heavy atom. The molecule has 1 aromatic rings. The van der Waals surface area contributed by atoms with E-state index in [1.807, 2.05) is 0 Å². The van der Waals surface area contributed by atoms with Gasteiger partial charge in [-0.3, -0.25) is 0 Å². The third-order valence-corrected chi connectivity index (χ3v) is 2.73. The number of ether oxygens (including phenoxy) is 1. The van der Waals surface area contributed by atoms with Crippen LogP contribution in [0.4, 0.5) is 0 Å². The first-order valence-electron chi connectivity index (χ1n) is 3.80. The van der Waals surface area contributed by atoms with E-state index in [2.05, 4.69) is 9.72 Å². The molecule has 82 valence electrons. The maximum Gasteiger partial charge on any atom is 0.338 e. The summed E-state index contributed by atoms with van der Waals surface area (Å²) in [6, 6.07) is 2.36. The lowest BCUT2D eigenvalue weighted by Gasteiger charge is -2.02. The SMILES string of the molecule is COC(=O)c1cc(Cl)nc(S(C)(=O)=O)c1. The molecule has 15 heavy (non-hydrogen) atoms. The summed E-state index contributed by atoms with van der Waals surface area (Å²) in [5.74, 6) is -0.663. The van der Waals surface area contributed by atoms with Gasteiger partial charge in [-0.2, -0.15) is 0 Å². The van der Waals surface area contributed by atoms with E-state index in [0.29, 0.717) is 0 Å². The number of aromatic nitrogens is 1. The monoisotopic (exact) mass is 249 g/mol. The van der Waals surface area contributed by atoms with Crippen molar-refractivity contribution in [1.29, 1.82) is 0 Å². The molecule has 1 rings (SSSR count). The number of hydrogen-bond acceptors (Lipinski definition) is 5. The van der Waals surface area contributed by atoms with Gasteiger partial charge in [-0.15, -0.1) is 0 Å². The smallest absolute Gasteiger partial charge is 0.338 e. The zero-order valence-electron chi connectivity index (χ0n) is 8.02. The highest BCUT2D eigenvalue weighted by molar-refractivity contribution is 7.90. The number of hydrogen-bond donors (Lipinski definition) is 0. The molecule has 1 aromatic heterocycles. The summed E-state index contributed by atoms with van der Waals surface area (Å²) < 4.78 is 26.8. The van der Waals surface area contributed by atoms with Gasteiger partial charge in [0.2, 0.25) is 0 Å². The number of pyridine rings is 1. The van der Waals surface area contributed by atoms with Crippen molar-refractivity contribution in [2.75, 3.05) is 13.4 Å². The molecular weight excluding hydrogens is 242 g/mol. The summed E-state index contributed by atoms with van der Waals surface area (Å²) in [6.07, 6.45) is 0.979. The summed E-state index contributed by atoms with van der Waals surface area (Å²) in [5.41, 5.74) is 0.0536. The molecule has 0 aromatic carbocycles. The number of nitrogens with zero attached hydrogens (tertiary/aromatic N) is 1. The van der Waals surface area contributed by atoms with Crippen molar-refractivity contribution in [3.05, 3.63) is 22.8 Å². The van der Waals surface area contributed by atoms with Crippen LogP contribution in [0, 0.1) is 0 Å². The highest BCUT2D eigenvalue weighted by Gasteiger charge is 2.15. The van der Waals surface area contributed by atoms with E-state index in [1.54, 1.807) is 0 Å². The topological polar surface area (TPSA) is 73.3 Å². The molecule has 5 nitrogen and oxygen atoms in total. The van der Waals surface area contributed by atoms with Crippen molar-refractivity contribution in [1.82, 2.24) is 4.98 Å². The molecule has 0 saturated carbocycles. The largest absolute Gasteiger partial charge is 0.465 e. The molecule has 0 spiro atoms. The molecule has 0 saturated heterocycles. The number of sulfone groups is 1. The highest BCUT2D eigenvalue weighted by Crippen LogP contribution is 2.15. The van der Waals surface area contributed by atoms with Crippen molar-refractivity contribution in [3.63, 3.8) is 0 Å². The zero-order valence-corrected chi connectivity index (χ0v) is 9.59. The lowest BCUT2D eigenvalue weighted by molar-refractivity contribution is 0.0600. The predicted molar refractivity (Wildman–Crippen MR) is 53.7 cm³/mol. The Morgan fingerprint density at radius 2 is 2.07 bits per heavy atom. The predicted octanol–water partition coefficient (Wildman–Crippen LogP) is 0.925. The van der Waals surface area contributed by atoms with Crippen molar-refractivity contribution >= 4 is 27.4 Å². The summed E-state index contributed by atoms with van der Waals surface area (Å²) in [4.78, 5) is 14.7. The standard InChI is InChI=1S/C8H8ClNO4S/c1-14-8(11)5-3-6(9)10-7(4-5)15(2,12)13/h3-4H,1-2H3. The molecule has 0 amide bonds. The minimum absolute atomic E-state index is 0.0536. The van der Waals surface area contributed by atoms with E-state index in [4.69, 9.17) is 11.6 Å². The minimum Gasteiger partial charge on any atom is -0.465 e. The molecule has 0 N–H and O–H groups in total. The Hall–Kier alpha value is -1.14. The van der Waals surface area contributed by atoms with E-state index in [-0.39, 0.29) is 15.7 Å². The van der Waals surface area contributed by atoms with Crippen LogP contribution in [0.15, 0.2) is 17.2 Å². The molecule has 0 bridgehead atoms. The quantitative estimate of drug-likeness (QED) is 0.576. The fourth-order valence-corrected chi connectivity index (χ4v) is 1.76. The number of carbonyl (C=O) groups excluding carboxylic acids is 1. The van der Waals surface area contributed by atoms with Gasteiger partial charge in [-0.25, -0.2) is 18.2 Å². The Kier molecular flexibility index (Phi) is 3.31. The van der Waals surface area contributed by atoms with Gasteiger partial charge in [0.1, 0.15) is 5.15 Å². The van der Waals surface area contributed by atoms with Crippen LogP contribution >= 0.6 is 11.6 Å². The Balaban J connectivity index is 3.35. The number of rotatable bonds is 2. The van der Waals surface area contributed by atoms with Crippen LogP contribution < -0.4 is 0 Å². The molecule has 1 heterocycles. The number of methoxy groups -OCH3 is 1. The van der Waals surface area contributed by atoms with E-state index >= 15 is 0 Å². The summed E-state index contributed by atoms with van der Waals surface area (Å²) in [5, 5.41) is -0.325. The van der Waals surface area contributed by atoms with Crippen molar-refractivity contribution in [2.45, 2.75) is 5.03 Å². The van der Waals surface area contributed by atoms with Gasteiger partial charge in [0.15, 0.2) is 14.9 Å². The fraction of sp³-hybridized carbons (Fsp3) is 0.250. The van der Waals surface area contributed by atoms with Gasteiger partial charge in [0.05, 0.1) is 12.7 Å². The third kappa shape index (κ3) is 2.90. The second-order valence-corrected chi connectivity index (χ2v) is 5.13.